The number of nitrogens with one attached hydrogen (secondary N) is 1. The standard InChI is InChI=1S/C21H22N2O4S/c1-14-18(23-21(27-14)19-8-4-10-28-19)12-20(24)22-15-5-2-6-16(11-15)26-13-17-7-3-9-25-17/h2,4-6,8,10-11,17H,3,7,9,12-13H2,1H3,(H,22,24). The molecule has 0 saturated carbocycles. The minimum absolute atomic E-state index is 0.148. The first-order chi connectivity index (χ1) is 13.7. The summed E-state index contributed by atoms with van der Waals surface area (Å²) in [6, 6.07) is 11.3. The van der Waals surface area contributed by atoms with E-state index >= 15 is 0 Å². The van der Waals surface area contributed by atoms with Gasteiger partial charge in [-0.3, -0.25) is 4.79 Å². The van der Waals surface area contributed by atoms with E-state index in [0.717, 1.165) is 24.3 Å². The van der Waals surface area contributed by atoms with Gasteiger partial charge in [-0.05, 0) is 43.3 Å². The number of hydrogen-bond acceptors (Lipinski definition) is 6. The van der Waals surface area contributed by atoms with Crippen molar-refractivity contribution in [3.63, 3.8) is 0 Å². The minimum atomic E-state index is -0.148. The van der Waals surface area contributed by atoms with Crippen LogP contribution in [-0.4, -0.2) is 30.2 Å². The van der Waals surface area contributed by atoms with Crippen LogP contribution in [0, 0.1) is 6.92 Å². The van der Waals surface area contributed by atoms with Gasteiger partial charge in [0.1, 0.15) is 18.1 Å². The number of rotatable bonds is 7. The predicted molar refractivity (Wildman–Crippen MR) is 108 cm³/mol. The average molecular weight is 398 g/mol. The van der Waals surface area contributed by atoms with E-state index in [0.29, 0.717) is 35.4 Å². The van der Waals surface area contributed by atoms with Gasteiger partial charge in [0.2, 0.25) is 11.8 Å². The number of amides is 1. The Morgan fingerprint density at radius 1 is 1.36 bits per heavy atom. The summed E-state index contributed by atoms with van der Waals surface area (Å²) in [5.74, 6) is 1.78. The number of carbonyl (C=O) groups excluding carboxylic acids is 1. The molecule has 2 aromatic heterocycles. The highest BCUT2D eigenvalue weighted by Gasteiger charge is 2.17. The monoisotopic (exact) mass is 398 g/mol. The third kappa shape index (κ3) is 4.61. The zero-order valence-electron chi connectivity index (χ0n) is 15.6. The molecule has 0 spiro atoms. The summed E-state index contributed by atoms with van der Waals surface area (Å²) in [5.41, 5.74) is 1.33. The molecule has 0 bridgehead atoms. The number of carbonyl (C=O) groups is 1. The first-order valence-corrected chi connectivity index (χ1v) is 10.2. The molecule has 1 unspecified atom stereocenters. The number of oxazole rings is 1. The van der Waals surface area contributed by atoms with Gasteiger partial charge in [0, 0.05) is 18.4 Å². The molecule has 7 heteroatoms. The number of anilines is 1. The molecule has 3 heterocycles. The van der Waals surface area contributed by atoms with Crippen LogP contribution in [0.2, 0.25) is 0 Å². The Bertz CT molecular complexity index is 930. The van der Waals surface area contributed by atoms with Gasteiger partial charge in [-0.1, -0.05) is 12.1 Å². The van der Waals surface area contributed by atoms with Crippen LogP contribution in [0.5, 0.6) is 5.75 Å². The fraction of sp³-hybridized carbons (Fsp3) is 0.333. The molecule has 4 rings (SSSR count). The first-order valence-electron chi connectivity index (χ1n) is 9.32. The molecule has 1 fully saturated rings. The van der Waals surface area contributed by atoms with Crippen LogP contribution in [0.25, 0.3) is 10.8 Å². The maximum atomic E-state index is 12.5. The number of aryl methyl sites for hydroxylation is 1. The Morgan fingerprint density at radius 2 is 2.29 bits per heavy atom. The maximum Gasteiger partial charge on any atom is 0.236 e. The number of thiophene rings is 1. The van der Waals surface area contributed by atoms with Crippen LogP contribution in [0.1, 0.15) is 24.3 Å². The molecule has 1 saturated heterocycles. The van der Waals surface area contributed by atoms with Crippen LogP contribution in [-0.2, 0) is 16.0 Å². The molecule has 0 radical (unpaired) electrons. The highest BCUT2D eigenvalue weighted by atomic mass is 32.1. The second-order valence-corrected chi connectivity index (χ2v) is 7.65. The summed E-state index contributed by atoms with van der Waals surface area (Å²) >= 11 is 1.56. The Morgan fingerprint density at radius 3 is 3.07 bits per heavy atom. The normalized spacial score (nSPS) is 16.2. The van der Waals surface area contributed by atoms with E-state index in [-0.39, 0.29) is 18.4 Å². The van der Waals surface area contributed by atoms with Gasteiger partial charge in [0.25, 0.3) is 0 Å². The summed E-state index contributed by atoms with van der Waals surface area (Å²) in [5, 5.41) is 4.87. The molecular weight excluding hydrogens is 376 g/mol. The van der Waals surface area contributed by atoms with E-state index in [4.69, 9.17) is 13.9 Å². The molecule has 146 valence electrons. The van der Waals surface area contributed by atoms with Gasteiger partial charge in [0.15, 0.2) is 0 Å². The molecule has 6 nitrogen and oxygen atoms in total. The summed E-state index contributed by atoms with van der Waals surface area (Å²) < 4.78 is 17.1. The number of nitrogens with zero attached hydrogens (tertiary/aromatic N) is 1. The van der Waals surface area contributed by atoms with Gasteiger partial charge in [-0.2, -0.15) is 0 Å². The average Bonchev–Trinajstić information content (AvgIpc) is 3.43. The Kier molecular flexibility index (Phi) is 5.73. The van der Waals surface area contributed by atoms with Crippen LogP contribution in [0.4, 0.5) is 5.69 Å². The van der Waals surface area contributed by atoms with Crippen molar-refractivity contribution in [1.29, 1.82) is 0 Å². The van der Waals surface area contributed by atoms with E-state index in [2.05, 4.69) is 10.3 Å². The van der Waals surface area contributed by atoms with Gasteiger partial charge < -0.3 is 19.2 Å². The molecule has 28 heavy (non-hydrogen) atoms. The molecule has 1 amide bonds. The third-order valence-electron chi connectivity index (χ3n) is 4.53. The Balaban J connectivity index is 1.35. The van der Waals surface area contributed by atoms with E-state index < -0.39 is 0 Å². The second kappa shape index (κ2) is 8.58. The van der Waals surface area contributed by atoms with E-state index in [1.54, 1.807) is 11.3 Å². The Labute approximate surface area is 167 Å². The van der Waals surface area contributed by atoms with Gasteiger partial charge in [-0.25, -0.2) is 4.98 Å². The second-order valence-electron chi connectivity index (χ2n) is 6.70. The summed E-state index contributed by atoms with van der Waals surface area (Å²) in [7, 11) is 0. The van der Waals surface area contributed by atoms with Crippen molar-refractivity contribution in [2.24, 2.45) is 0 Å². The van der Waals surface area contributed by atoms with Crippen molar-refractivity contribution in [2.45, 2.75) is 32.3 Å². The van der Waals surface area contributed by atoms with Crippen LogP contribution in [0.3, 0.4) is 0 Å². The smallest absolute Gasteiger partial charge is 0.236 e. The molecule has 1 aromatic carbocycles. The quantitative estimate of drug-likeness (QED) is 0.636. The van der Waals surface area contributed by atoms with Gasteiger partial charge in [-0.15, -0.1) is 11.3 Å². The molecule has 1 aliphatic rings. The van der Waals surface area contributed by atoms with Gasteiger partial charge in [0.05, 0.1) is 23.1 Å². The van der Waals surface area contributed by atoms with Crippen molar-refractivity contribution in [1.82, 2.24) is 4.98 Å². The summed E-state index contributed by atoms with van der Waals surface area (Å²) in [6.45, 7) is 3.16. The number of hydrogen-bond donors (Lipinski definition) is 1. The number of benzene rings is 1. The minimum Gasteiger partial charge on any atom is -0.491 e. The Hall–Kier alpha value is -2.64. The lowest BCUT2D eigenvalue weighted by Gasteiger charge is -2.12. The number of aromatic nitrogens is 1. The van der Waals surface area contributed by atoms with E-state index in [1.807, 2.05) is 48.7 Å². The van der Waals surface area contributed by atoms with Crippen molar-refractivity contribution in [3.05, 3.63) is 53.2 Å². The maximum absolute atomic E-state index is 12.5. The van der Waals surface area contributed by atoms with Gasteiger partial charge >= 0.3 is 0 Å². The fourth-order valence-electron chi connectivity index (χ4n) is 3.08. The topological polar surface area (TPSA) is 73.6 Å². The zero-order chi connectivity index (χ0) is 19.3. The molecule has 1 N–H and O–H groups in total. The molecule has 1 aliphatic heterocycles. The van der Waals surface area contributed by atoms with Crippen molar-refractivity contribution < 1.29 is 18.7 Å². The van der Waals surface area contributed by atoms with E-state index in [9.17, 15) is 4.79 Å². The van der Waals surface area contributed by atoms with Crippen molar-refractivity contribution in [3.8, 4) is 16.5 Å². The fourth-order valence-corrected chi connectivity index (χ4v) is 3.73. The predicted octanol–water partition coefficient (Wildman–Crippen LogP) is 4.45. The zero-order valence-corrected chi connectivity index (χ0v) is 16.5. The van der Waals surface area contributed by atoms with Crippen LogP contribution < -0.4 is 10.1 Å². The lowest BCUT2D eigenvalue weighted by Crippen LogP contribution is -2.17. The molecule has 0 aliphatic carbocycles. The highest BCUT2D eigenvalue weighted by molar-refractivity contribution is 7.13. The SMILES string of the molecule is Cc1oc(-c2cccs2)nc1CC(=O)Nc1cccc(OCC2CCCO2)c1. The van der Waals surface area contributed by atoms with Crippen LogP contribution >= 0.6 is 11.3 Å². The lowest BCUT2D eigenvalue weighted by molar-refractivity contribution is -0.115. The van der Waals surface area contributed by atoms with Crippen molar-refractivity contribution >= 4 is 22.9 Å². The third-order valence-corrected chi connectivity index (χ3v) is 5.39. The first kappa shape index (κ1) is 18.7. The lowest BCUT2D eigenvalue weighted by atomic mass is 10.2. The number of ether oxygens (including phenoxy) is 2. The highest BCUT2D eigenvalue weighted by Crippen LogP contribution is 2.26. The van der Waals surface area contributed by atoms with Crippen molar-refractivity contribution in [2.75, 3.05) is 18.5 Å². The van der Waals surface area contributed by atoms with Crippen LogP contribution in [0.15, 0.2) is 46.2 Å². The summed E-state index contributed by atoms with van der Waals surface area (Å²) in [4.78, 5) is 17.9. The molecule has 3 aromatic rings. The molecule has 1 atom stereocenters. The molecular formula is C21H22N2O4S. The van der Waals surface area contributed by atoms with E-state index in [1.165, 1.54) is 0 Å². The largest absolute Gasteiger partial charge is 0.491 e. The summed E-state index contributed by atoms with van der Waals surface area (Å²) in [6.07, 6.45) is 2.42.